The number of ether oxygens (including phenoxy) is 2. The van der Waals surface area contributed by atoms with E-state index < -0.39 is 17.1 Å². The van der Waals surface area contributed by atoms with Gasteiger partial charge in [-0.15, -0.1) is 23.1 Å². The predicted molar refractivity (Wildman–Crippen MR) is 212 cm³/mol. The molecular weight excluding hydrogens is 705 g/mol. The number of hydrogen-bond acceptors (Lipinski definition) is 8. The van der Waals surface area contributed by atoms with Crippen LogP contribution in [0.1, 0.15) is 33.7 Å². The average Bonchev–Trinajstić information content (AvgIpc) is 3.66. The second-order valence-corrected chi connectivity index (χ2v) is 13.6. The van der Waals surface area contributed by atoms with Gasteiger partial charge in [0.25, 0.3) is 11.8 Å². The zero-order chi connectivity index (χ0) is 37.0. The zero-order valence-corrected chi connectivity index (χ0v) is 30.6. The normalized spacial score (nSPS) is 11.6. The van der Waals surface area contributed by atoms with Crippen LogP contribution in [-0.4, -0.2) is 36.4 Å². The van der Waals surface area contributed by atoms with Gasteiger partial charge in [0.1, 0.15) is 22.4 Å². The standard InChI is InChI=1S/C42H36N4O5S2/c1-3-51-33-22-20-29(21-23-33)37-27-52-42(45-37)46-41(49)38(30-13-6-4-7-14-30)53-35-19-11-17-32(26-35)43-40(48)36(25-28-12-10-18-34(24-28)50-2)44-39(47)31-15-8-5-9-16-31/h4-27,38H,3H2,1-2H3,(H,43,48)(H,44,47)(H,45,46,49)/b36-25-. The van der Waals surface area contributed by atoms with Gasteiger partial charge in [-0.05, 0) is 90.9 Å². The van der Waals surface area contributed by atoms with Crippen LogP contribution in [0.4, 0.5) is 10.8 Å². The van der Waals surface area contributed by atoms with Gasteiger partial charge >= 0.3 is 0 Å². The molecule has 53 heavy (non-hydrogen) atoms. The average molecular weight is 741 g/mol. The number of thioether (sulfide) groups is 1. The van der Waals surface area contributed by atoms with Crippen LogP contribution in [0.15, 0.2) is 149 Å². The number of aromatic nitrogens is 1. The second-order valence-electron chi connectivity index (χ2n) is 11.5. The van der Waals surface area contributed by atoms with Gasteiger partial charge in [-0.1, -0.05) is 66.7 Å². The lowest BCUT2D eigenvalue weighted by molar-refractivity contribution is -0.116. The largest absolute Gasteiger partial charge is 0.497 e. The van der Waals surface area contributed by atoms with Crippen molar-refractivity contribution in [2.75, 3.05) is 24.4 Å². The minimum atomic E-state index is -0.631. The highest BCUT2D eigenvalue weighted by molar-refractivity contribution is 8.00. The highest BCUT2D eigenvalue weighted by Crippen LogP contribution is 2.38. The molecular formula is C42H36N4O5S2. The van der Waals surface area contributed by atoms with Gasteiger partial charge < -0.3 is 25.4 Å². The summed E-state index contributed by atoms with van der Waals surface area (Å²) in [6.45, 7) is 2.53. The Bertz CT molecular complexity index is 2210. The lowest BCUT2D eigenvalue weighted by atomic mass is 10.1. The molecule has 0 saturated carbocycles. The lowest BCUT2D eigenvalue weighted by Crippen LogP contribution is -2.30. The first kappa shape index (κ1) is 36.6. The smallest absolute Gasteiger partial charge is 0.272 e. The van der Waals surface area contributed by atoms with Crippen molar-refractivity contribution in [2.24, 2.45) is 0 Å². The molecule has 0 fully saturated rings. The molecule has 6 aromatic rings. The summed E-state index contributed by atoms with van der Waals surface area (Å²) in [4.78, 5) is 46.2. The maximum Gasteiger partial charge on any atom is 0.272 e. The maximum absolute atomic E-state index is 13.9. The summed E-state index contributed by atoms with van der Waals surface area (Å²) in [7, 11) is 1.56. The molecule has 0 spiro atoms. The molecule has 3 N–H and O–H groups in total. The number of benzene rings is 5. The first-order valence-corrected chi connectivity index (χ1v) is 18.5. The Morgan fingerprint density at radius 1 is 0.811 bits per heavy atom. The van der Waals surface area contributed by atoms with E-state index in [1.54, 1.807) is 73.8 Å². The molecule has 1 atom stereocenters. The van der Waals surface area contributed by atoms with E-state index in [9.17, 15) is 14.4 Å². The van der Waals surface area contributed by atoms with Crippen LogP contribution in [0.3, 0.4) is 0 Å². The van der Waals surface area contributed by atoms with E-state index in [1.807, 2.05) is 85.1 Å². The predicted octanol–water partition coefficient (Wildman–Crippen LogP) is 9.10. The molecule has 5 aromatic carbocycles. The molecule has 6 rings (SSSR count). The number of nitrogens with one attached hydrogen (secondary N) is 3. The summed E-state index contributed by atoms with van der Waals surface area (Å²) in [6.07, 6.45) is 1.59. The number of anilines is 2. The van der Waals surface area contributed by atoms with E-state index in [4.69, 9.17) is 9.47 Å². The summed E-state index contributed by atoms with van der Waals surface area (Å²) in [5.74, 6) is 0.200. The molecule has 0 bridgehead atoms. The Morgan fingerprint density at radius 3 is 2.28 bits per heavy atom. The van der Waals surface area contributed by atoms with Gasteiger partial charge in [0.15, 0.2) is 5.13 Å². The quantitative estimate of drug-likeness (QED) is 0.0753. The first-order valence-electron chi connectivity index (χ1n) is 16.7. The van der Waals surface area contributed by atoms with Crippen molar-refractivity contribution in [1.29, 1.82) is 0 Å². The Hall–Kier alpha value is -6.17. The molecule has 0 aliphatic carbocycles. The highest BCUT2D eigenvalue weighted by atomic mass is 32.2. The molecule has 1 aromatic heterocycles. The number of carbonyl (C=O) groups is 3. The summed E-state index contributed by atoms with van der Waals surface area (Å²) in [6, 6.07) is 40.2. The number of thiazole rings is 1. The van der Waals surface area contributed by atoms with Crippen molar-refractivity contribution in [1.82, 2.24) is 10.3 Å². The molecule has 3 amide bonds. The third kappa shape index (κ3) is 10.0. The summed E-state index contributed by atoms with van der Waals surface area (Å²) in [5, 5.41) is 10.4. The van der Waals surface area contributed by atoms with E-state index in [2.05, 4.69) is 20.9 Å². The SMILES string of the molecule is CCOc1ccc(-c2csc(NC(=O)C(Sc3cccc(NC(=O)/C(=C/c4cccc(OC)c4)NC(=O)c4ccccc4)c3)c3ccccc3)n2)cc1. The Morgan fingerprint density at radius 2 is 1.55 bits per heavy atom. The van der Waals surface area contributed by atoms with E-state index >= 15 is 0 Å². The van der Waals surface area contributed by atoms with Crippen molar-refractivity contribution in [3.8, 4) is 22.8 Å². The van der Waals surface area contributed by atoms with E-state index in [-0.39, 0.29) is 11.6 Å². The van der Waals surface area contributed by atoms with Crippen molar-refractivity contribution in [3.05, 3.63) is 161 Å². The molecule has 1 heterocycles. The second kappa shape index (κ2) is 17.9. The Labute approximate surface area is 316 Å². The molecule has 11 heteroatoms. The number of nitrogens with zero attached hydrogens (tertiary/aromatic N) is 1. The van der Waals surface area contributed by atoms with E-state index in [0.29, 0.717) is 34.3 Å². The third-order valence-electron chi connectivity index (χ3n) is 7.82. The van der Waals surface area contributed by atoms with Crippen LogP contribution in [0.5, 0.6) is 11.5 Å². The van der Waals surface area contributed by atoms with Gasteiger partial charge in [-0.2, -0.15) is 0 Å². The molecule has 1 unspecified atom stereocenters. The zero-order valence-electron chi connectivity index (χ0n) is 28.9. The molecule has 9 nitrogen and oxygen atoms in total. The fourth-order valence-corrected chi connectivity index (χ4v) is 7.05. The third-order valence-corrected chi connectivity index (χ3v) is 9.82. The number of carbonyl (C=O) groups excluding carboxylic acids is 3. The molecule has 266 valence electrons. The van der Waals surface area contributed by atoms with Crippen molar-refractivity contribution >= 4 is 57.7 Å². The minimum Gasteiger partial charge on any atom is -0.497 e. The van der Waals surface area contributed by atoms with Crippen LogP contribution in [-0.2, 0) is 9.59 Å². The van der Waals surface area contributed by atoms with Gasteiger partial charge in [0, 0.05) is 27.1 Å². The van der Waals surface area contributed by atoms with E-state index in [1.165, 1.54) is 23.1 Å². The fraction of sp³-hybridized carbons (Fsp3) is 0.0952. The number of amides is 3. The minimum absolute atomic E-state index is 0.0414. The van der Waals surface area contributed by atoms with Gasteiger partial charge in [0.05, 0.1) is 19.4 Å². The van der Waals surface area contributed by atoms with Crippen molar-refractivity contribution < 1.29 is 23.9 Å². The number of methoxy groups -OCH3 is 1. The van der Waals surface area contributed by atoms with Gasteiger partial charge in [-0.25, -0.2) is 4.98 Å². The lowest BCUT2D eigenvalue weighted by Gasteiger charge is -2.17. The van der Waals surface area contributed by atoms with Gasteiger partial charge in [0.2, 0.25) is 5.91 Å². The number of hydrogen-bond donors (Lipinski definition) is 3. The van der Waals surface area contributed by atoms with Crippen molar-refractivity contribution in [2.45, 2.75) is 17.1 Å². The monoisotopic (exact) mass is 740 g/mol. The van der Waals surface area contributed by atoms with Gasteiger partial charge in [-0.3, -0.25) is 14.4 Å². The Balaban J connectivity index is 1.20. The van der Waals surface area contributed by atoms with Crippen LogP contribution < -0.4 is 25.4 Å². The first-order chi connectivity index (χ1) is 25.9. The molecule has 0 aliphatic heterocycles. The van der Waals surface area contributed by atoms with Crippen LogP contribution in [0.25, 0.3) is 17.3 Å². The highest BCUT2D eigenvalue weighted by Gasteiger charge is 2.24. The van der Waals surface area contributed by atoms with E-state index in [0.717, 1.165) is 27.5 Å². The topological polar surface area (TPSA) is 119 Å². The fourth-order valence-electron chi connectivity index (χ4n) is 5.25. The van der Waals surface area contributed by atoms with Crippen LogP contribution in [0.2, 0.25) is 0 Å². The maximum atomic E-state index is 13.9. The van der Waals surface area contributed by atoms with Crippen LogP contribution in [0, 0.1) is 0 Å². The summed E-state index contributed by atoms with van der Waals surface area (Å²) in [5.41, 5.74) is 4.07. The summed E-state index contributed by atoms with van der Waals surface area (Å²) >= 11 is 2.69. The summed E-state index contributed by atoms with van der Waals surface area (Å²) < 4.78 is 10.9. The van der Waals surface area contributed by atoms with Crippen LogP contribution >= 0.6 is 23.1 Å². The number of rotatable bonds is 14. The van der Waals surface area contributed by atoms with Crippen molar-refractivity contribution in [3.63, 3.8) is 0 Å². The molecule has 0 saturated heterocycles. The Kier molecular flexibility index (Phi) is 12.3. The molecule has 0 aliphatic rings. The molecule has 0 radical (unpaired) electrons.